The van der Waals surface area contributed by atoms with Crippen molar-refractivity contribution in [2.24, 2.45) is 0 Å². The predicted octanol–water partition coefficient (Wildman–Crippen LogP) is 2.37. The van der Waals surface area contributed by atoms with E-state index in [1.165, 1.54) is 0 Å². The van der Waals surface area contributed by atoms with Gasteiger partial charge in [-0.3, -0.25) is 5.10 Å². The second-order valence-electron chi connectivity index (χ2n) is 4.96. The average Bonchev–Trinajstić information content (AvgIpc) is 2.80. The number of nitrogens with zero attached hydrogens (tertiary/aromatic N) is 2. The number of aromatic amines is 1. The van der Waals surface area contributed by atoms with E-state index in [4.69, 9.17) is 4.74 Å². The van der Waals surface area contributed by atoms with Crippen molar-refractivity contribution in [2.75, 3.05) is 12.4 Å². The van der Waals surface area contributed by atoms with Crippen LogP contribution in [0, 0.1) is 6.92 Å². The molecule has 2 N–H and O–H groups in total. The topological polar surface area (TPSA) is 62.8 Å². The molecule has 19 heavy (non-hydrogen) atoms. The van der Waals surface area contributed by atoms with E-state index < -0.39 is 0 Å². The number of anilines is 1. The number of aromatic nitrogens is 3. The van der Waals surface area contributed by atoms with Gasteiger partial charge < -0.3 is 10.1 Å². The van der Waals surface area contributed by atoms with E-state index in [9.17, 15) is 0 Å². The maximum atomic E-state index is 5.30. The van der Waals surface area contributed by atoms with Crippen molar-refractivity contribution in [1.29, 1.82) is 0 Å². The second-order valence-corrected chi connectivity index (χ2v) is 4.96. The third-order valence-electron chi connectivity index (χ3n) is 3.55. The molecule has 0 spiro atoms. The van der Waals surface area contributed by atoms with Crippen LogP contribution >= 0.6 is 0 Å². The molecule has 2 aromatic rings. The molecule has 1 fully saturated rings. The molecule has 1 aromatic heterocycles. The summed E-state index contributed by atoms with van der Waals surface area (Å²) >= 11 is 0. The Bertz CT molecular complexity index is 560. The molecule has 0 unspecified atom stereocenters. The molecule has 1 aliphatic rings. The van der Waals surface area contributed by atoms with Gasteiger partial charge in [0.2, 0.25) is 0 Å². The van der Waals surface area contributed by atoms with Crippen LogP contribution in [0.25, 0.3) is 11.4 Å². The molecule has 3 rings (SSSR count). The molecule has 5 nitrogen and oxygen atoms in total. The van der Waals surface area contributed by atoms with Gasteiger partial charge in [0.1, 0.15) is 5.82 Å². The predicted molar refractivity (Wildman–Crippen MR) is 74.0 cm³/mol. The molecule has 0 atom stereocenters. The van der Waals surface area contributed by atoms with Crippen molar-refractivity contribution < 1.29 is 4.74 Å². The highest BCUT2D eigenvalue weighted by molar-refractivity contribution is 5.73. The summed E-state index contributed by atoms with van der Waals surface area (Å²) in [6.45, 7) is 1.90. The fourth-order valence-corrected chi connectivity index (χ4v) is 2.36. The van der Waals surface area contributed by atoms with Crippen LogP contribution in [-0.2, 0) is 4.74 Å². The minimum absolute atomic E-state index is 0.399. The minimum atomic E-state index is 0.399. The van der Waals surface area contributed by atoms with Crippen molar-refractivity contribution in [3.8, 4) is 11.4 Å². The van der Waals surface area contributed by atoms with Crippen LogP contribution in [0.4, 0.5) is 5.69 Å². The number of methoxy groups -OCH3 is 1. The zero-order valence-corrected chi connectivity index (χ0v) is 11.2. The second kappa shape index (κ2) is 5.01. The first-order valence-electron chi connectivity index (χ1n) is 6.54. The lowest BCUT2D eigenvalue weighted by Gasteiger charge is -2.35. The number of para-hydroxylation sites is 1. The number of rotatable bonds is 4. The minimum Gasteiger partial charge on any atom is -0.382 e. The first-order chi connectivity index (χ1) is 9.26. The van der Waals surface area contributed by atoms with Gasteiger partial charge in [-0.15, -0.1) is 0 Å². The Balaban J connectivity index is 1.78. The number of benzene rings is 1. The highest BCUT2D eigenvalue weighted by Crippen LogP contribution is 2.30. The fraction of sp³-hybridized carbons (Fsp3) is 0.429. The quantitative estimate of drug-likeness (QED) is 0.883. The molecule has 1 aliphatic carbocycles. The summed E-state index contributed by atoms with van der Waals surface area (Å²) in [5.41, 5.74) is 2.12. The van der Waals surface area contributed by atoms with Crippen LogP contribution in [0.5, 0.6) is 0 Å². The number of ether oxygens (including phenoxy) is 1. The normalized spacial score (nSPS) is 22.0. The summed E-state index contributed by atoms with van der Waals surface area (Å²) in [4.78, 5) is 4.39. The molecule has 1 saturated carbocycles. The lowest BCUT2D eigenvalue weighted by atomic mass is 9.89. The van der Waals surface area contributed by atoms with Gasteiger partial charge in [0.15, 0.2) is 5.82 Å². The Labute approximate surface area is 112 Å². The largest absolute Gasteiger partial charge is 0.382 e. The van der Waals surface area contributed by atoms with E-state index in [1.54, 1.807) is 7.11 Å². The third kappa shape index (κ3) is 2.46. The third-order valence-corrected chi connectivity index (χ3v) is 3.55. The Morgan fingerprint density at radius 1 is 1.32 bits per heavy atom. The molecule has 0 aliphatic heterocycles. The SMILES string of the molecule is COC1CC(Nc2ccccc2-c2n[nH]c(C)n2)C1. The fourth-order valence-electron chi connectivity index (χ4n) is 2.36. The van der Waals surface area contributed by atoms with E-state index in [0.29, 0.717) is 12.1 Å². The van der Waals surface area contributed by atoms with Gasteiger partial charge >= 0.3 is 0 Å². The summed E-state index contributed by atoms with van der Waals surface area (Å²) in [7, 11) is 1.77. The van der Waals surface area contributed by atoms with E-state index >= 15 is 0 Å². The molecule has 0 bridgehead atoms. The molecular weight excluding hydrogens is 240 g/mol. The van der Waals surface area contributed by atoms with Gasteiger partial charge in [-0.1, -0.05) is 12.1 Å². The van der Waals surface area contributed by atoms with Crippen molar-refractivity contribution >= 4 is 5.69 Å². The first kappa shape index (κ1) is 12.2. The molecule has 5 heteroatoms. The van der Waals surface area contributed by atoms with Crippen molar-refractivity contribution in [3.63, 3.8) is 0 Å². The summed E-state index contributed by atoms with van der Waals surface area (Å²) < 4.78 is 5.30. The highest BCUT2D eigenvalue weighted by Gasteiger charge is 2.29. The van der Waals surface area contributed by atoms with Crippen molar-refractivity contribution in [3.05, 3.63) is 30.1 Å². The first-order valence-corrected chi connectivity index (χ1v) is 6.54. The molecule has 0 radical (unpaired) electrons. The molecule has 100 valence electrons. The van der Waals surface area contributed by atoms with Gasteiger partial charge in [0, 0.05) is 24.4 Å². The van der Waals surface area contributed by atoms with Gasteiger partial charge in [0.05, 0.1) is 6.10 Å². The number of aryl methyl sites for hydroxylation is 1. The molecular formula is C14H18N4O. The molecule has 0 saturated heterocycles. The summed E-state index contributed by atoms with van der Waals surface area (Å²) in [6, 6.07) is 8.62. The number of hydrogen-bond acceptors (Lipinski definition) is 4. The smallest absolute Gasteiger partial charge is 0.183 e. The van der Waals surface area contributed by atoms with Crippen LogP contribution in [0.15, 0.2) is 24.3 Å². The van der Waals surface area contributed by atoms with Crippen LogP contribution in [-0.4, -0.2) is 34.4 Å². The van der Waals surface area contributed by atoms with Gasteiger partial charge in [-0.25, -0.2) is 4.98 Å². The zero-order valence-electron chi connectivity index (χ0n) is 11.2. The van der Waals surface area contributed by atoms with Crippen molar-refractivity contribution in [1.82, 2.24) is 15.2 Å². The maximum absolute atomic E-state index is 5.30. The van der Waals surface area contributed by atoms with Crippen molar-refractivity contribution in [2.45, 2.75) is 31.9 Å². The summed E-state index contributed by atoms with van der Waals surface area (Å²) in [5, 5.41) is 10.7. The molecule has 0 amide bonds. The van der Waals surface area contributed by atoms with Gasteiger partial charge in [-0.2, -0.15) is 5.10 Å². The number of nitrogens with one attached hydrogen (secondary N) is 2. The van der Waals surface area contributed by atoms with Crippen LogP contribution in [0.3, 0.4) is 0 Å². The Morgan fingerprint density at radius 3 is 2.79 bits per heavy atom. The maximum Gasteiger partial charge on any atom is 0.183 e. The Kier molecular flexibility index (Phi) is 3.21. The number of H-pyrrole nitrogens is 1. The van der Waals surface area contributed by atoms with E-state index in [0.717, 1.165) is 35.7 Å². The summed E-state index contributed by atoms with van der Waals surface area (Å²) in [5.74, 6) is 1.57. The zero-order chi connectivity index (χ0) is 13.2. The monoisotopic (exact) mass is 258 g/mol. The number of hydrogen-bond donors (Lipinski definition) is 2. The van der Waals surface area contributed by atoms with Crippen LogP contribution in [0.2, 0.25) is 0 Å². The van der Waals surface area contributed by atoms with E-state index in [1.807, 2.05) is 25.1 Å². The van der Waals surface area contributed by atoms with Crippen LogP contribution < -0.4 is 5.32 Å². The highest BCUT2D eigenvalue weighted by atomic mass is 16.5. The molecule has 1 aromatic carbocycles. The lowest BCUT2D eigenvalue weighted by Crippen LogP contribution is -2.40. The average molecular weight is 258 g/mol. The Hall–Kier alpha value is -1.88. The summed E-state index contributed by atoms with van der Waals surface area (Å²) in [6.07, 6.45) is 2.51. The van der Waals surface area contributed by atoms with Gasteiger partial charge in [-0.05, 0) is 31.9 Å². The van der Waals surface area contributed by atoms with Crippen LogP contribution in [0.1, 0.15) is 18.7 Å². The van der Waals surface area contributed by atoms with E-state index in [-0.39, 0.29) is 0 Å². The molecule has 1 heterocycles. The standard InChI is InChI=1S/C14H18N4O/c1-9-15-14(18-17-9)12-5-3-4-6-13(12)16-10-7-11(8-10)19-2/h3-6,10-11,16H,7-8H2,1-2H3,(H,15,17,18). The van der Waals surface area contributed by atoms with Gasteiger partial charge in [0.25, 0.3) is 0 Å². The lowest BCUT2D eigenvalue weighted by molar-refractivity contribution is 0.0329. The van der Waals surface area contributed by atoms with E-state index in [2.05, 4.69) is 26.6 Å². The Morgan fingerprint density at radius 2 is 2.11 bits per heavy atom.